The lowest BCUT2D eigenvalue weighted by molar-refractivity contribution is 0.0266. The summed E-state index contributed by atoms with van der Waals surface area (Å²) in [4.78, 5) is 0. The van der Waals surface area contributed by atoms with Crippen LogP contribution in [0.25, 0.3) is 0 Å². The van der Waals surface area contributed by atoms with Crippen molar-refractivity contribution in [3.63, 3.8) is 0 Å². The monoisotopic (exact) mass is 319 g/mol. The normalized spacial score (nSPS) is 15.1. The van der Waals surface area contributed by atoms with Crippen molar-refractivity contribution in [2.24, 2.45) is 5.92 Å². The Morgan fingerprint density at radius 2 is 1.87 bits per heavy atom. The smallest absolute Gasteiger partial charge is 0.0813 e. The molecule has 0 spiro atoms. The molecule has 2 N–H and O–H groups in total. The molecule has 0 saturated heterocycles. The predicted molar refractivity (Wildman–Crippen MR) is 73.1 cm³/mol. The van der Waals surface area contributed by atoms with Crippen LogP contribution in [0.1, 0.15) is 20.8 Å². The van der Waals surface area contributed by atoms with Crippen LogP contribution in [-0.2, 0) is 0 Å². The first kappa shape index (κ1) is 12.8. The van der Waals surface area contributed by atoms with Gasteiger partial charge in [-0.2, -0.15) is 0 Å². The molecule has 15 heavy (non-hydrogen) atoms. The van der Waals surface area contributed by atoms with E-state index < -0.39 is 5.60 Å². The van der Waals surface area contributed by atoms with E-state index in [4.69, 9.17) is 0 Å². The molecule has 0 amide bonds. The topological polar surface area (TPSA) is 32.3 Å². The minimum atomic E-state index is -0.664. The van der Waals surface area contributed by atoms with Crippen molar-refractivity contribution in [2.75, 3.05) is 11.9 Å². The third-order valence-corrected chi connectivity index (χ3v) is 3.46. The number of hydrogen-bond donors (Lipinski definition) is 2. The SMILES string of the molecule is CC(C)C(C)(O)CNc1ccc(I)cc1. The van der Waals surface area contributed by atoms with Gasteiger partial charge in [0, 0.05) is 15.8 Å². The van der Waals surface area contributed by atoms with Crippen LogP contribution in [0.5, 0.6) is 0 Å². The summed E-state index contributed by atoms with van der Waals surface area (Å²) in [5.41, 5.74) is 0.388. The van der Waals surface area contributed by atoms with E-state index in [-0.39, 0.29) is 5.92 Å². The van der Waals surface area contributed by atoms with E-state index in [1.54, 1.807) is 0 Å². The van der Waals surface area contributed by atoms with Gasteiger partial charge in [0.25, 0.3) is 0 Å². The van der Waals surface area contributed by atoms with Crippen LogP contribution in [0.3, 0.4) is 0 Å². The number of rotatable bonds is 4. The highest BCUT2D eigenvalue weighted by atomic mass is 127. The lowest BCUT2D eigenvalue weighted by Gasteiger charge is -2.28. The second-order valence-electron chi connectivity index (χ2n) is 4.37. The van der Waals surface area contributed by atoms with Gasteiger partial charge in [0.1, 0.15) is 0 Å². The lowest BCUT2D eigenvalue weighted by Crippen LogP contribution is -2.38. The van der Waals surface area contributed by atoms with Crippen molar-refractivity contribution >= 4 is 28.3 Å². The summed E-state index contributed by atoms with van der Waals surface area (Å²) in [6.07, 6.45) is 0. The van der Waals surface area contributed by atoms with Crippen LogP contribution in [0.4, 0.5) is 5.69 Å². The van der Waals surface area contributed by atoms with Gasteiger partial charge in [0.2, 0.25) is 0 Å². The number of benzene rings is 1. The molecule has 2 nitrogen and oxygen atoms in total. The number of hydrogen-bond acceptors (Lipinski definition) is 2. The van der Waals surface area contributed by atoms with Gasteiger partial charge < -0.3 is 10.4 Å². The summed E-state index contributed by atoms with van der Waals surface area (Å²) in [6.45, 7) is 6.48. The predicted octanol–water partition coefficient (Wildman–Crippen LogP) is 3.11. The standard InChI is InChI=1S/C12H18INO/c1-9(2)12(3,15)8-14-11-6-4-10(13)5-7-11/h4-7,9,14-15H,8H2,1-3H3. The summed E-state index contributed by atoms with van der Waals surface area (Å²) in [5.74, 6) is 0.244. The summed E-state index contributed by atoms with van der Waals surface area (Å²) in [7, 11) is 0. The molecule has 0 aromatic heterocycles. The molecular weight excluding hydrogens is 301 g/mol. The molecule has 1 aromatic rings. The fraction of sp³-hybridized carbons (Fsp3) is 0.500. The maximum Gasteiger partial charge on any atom is 0.0813 e. The second kappa shape index (κ2) is 5.16. The first-order valence-electron chi connectivity index (χ1n) is 5.13. The Bertz CT molecular complexity index is 306. The molecular formula is C12H18INO. The first-order valence-corrected chi connectivity index (χ1v) is 6.21. The van der Waals surface area contributed by atoms with Crippen LogP contribution in [0.2, 0.25) is 0 Å². The molecule has 0 heterocycles. The molecule has 1 aromatic carbocycles. The molecule has 3 heteroatoms. The van der Waals surface area contributed by atoms with Crippen LogP contribution >= 0.6 is 22.6 Å². The Hall–Kier alpha value is -0.290. The van der Waals surface area contributed by atoms with Crippen LogP contribution < -0.4 is 5.32 Å². The number of aliphatic hydroxyl groups is 1. The van der Waals surface area contributed by atoms with E-state index in [0.717, 1.165) is 5.69 Å². The molecule has 0 saturated carbocycles. The third-order valence-electron chi connectivity index (χ3n) is 2.74. The van der Waals surface area contributed by atoms with Crippen molar-refractivity contribution in [3.05, 3.63) is 27.8 Å². The highest BCUT2D eigenvalue weighted by molar-refractivity contribution is 14.1. The lowest BCUT2D eigenvalue weighted by atomic mass is 9.92. The highest BCUT2D eigenvalue weighted by Gasteiger charge is 2.24. The largest absolute Gasteiger partial charge is 0.388 e. The van der Waals surface area contributed by atoms with Gasteiger partial charge in [0.05, 0.1) is 5.60 Å². The minimum Gasteiger partial charge on any atom is -0.388 e. The molecule has 0 aliphatic carbocycles. The van der Waals surface area contributed by atoms with Gasteiger partial charge in [-0.3, -0.25) is 0 Å². The van der Waals surface area contributed by atoms with E-state index >= 15 is 0 Å². The van der Waals surface area contributed by atoms with Gasteiger partial charge in [-0.25, -0.2) is 0 Å². The molecule has 0 aliphatic rings. The van der Waals surface area contributed by atoms with E-state index in [9.17, 15) is 5.11 Å². The molecule has 0 aliphatic heterocycles. The maximum atomic E-state index is 10.0. The summed E-state index contributed by atoms with van der Waals surface area (Å²) < 4.78 is 1.22. The quantitative estimate of drug-likeness (QED) is 0.836. The average Bonchev–Trinajstić information content (AvgIpc) is 2.17. The van der Waals surface area contributed by atoms with Crippen molar-refractivity contribution in [1.82, 2.24) is 0 Å². The number of halogens is 1. The van der Waals surface area contributed by atoms with Crippen molar-refractivity contribution in [1.29, 1.82) is 0 Å². The van der Waals surface area contributed by atoms with E-state index in [2.05, 4.69) is 27.9 Å². The third kappa shape index (κ3) is 3.99. The van der Waals surface area contributed by atoms with Crippen LogP contribution in [0.15, 0.2) is 24.3 Å². The Kier molecular flexibility index (Phi) is 4.40. The second-order valence-corrected chi connectivity index (χ2v) is 5.62. The average molecular weight is 319 g/mol. The molecule has 1 rings (SSSR count). The van der Waals surface area contributed by atoms with Gasteiger partial charge in [-0.1, -0.05) is 13.8 Å². The van der Waals surface area contributed by atoms with Crippen LogP contribution in [-0.4, -0.2) is 17.3 Å². The van der Waals surface area contributed by atoms with Gasteiger partial charge >= 0.3 is 0 Å². The van der Waals surface area contributed by atoms with Crippen molar-refractivity contribution in [2.45, 2.75) is 26.4 Å². The summed E-state index contributed by atoms with van der Waals surface area (Å²) >= 11 is 2.27. The molecule has 1 unspecified atom stereocenters. The molecule has 0 bridgehead atoms. The Labute approximate surface area is 105 Å². The molecule has 0 fully saturated rings. The fourth-order valence-electron chi connectivity index (χ4n) is 1.05. The minimum absolute atomic E-state index is 0.244. The number of anilines is 1. The van der Waals surface area contributed by atoms with E-state index in [0.29, 0.717) is 6.54 Å². The summed E-state index contributed by atoms with van der Waals surface area (Å²) in [6, 6.07) is 8.15. The summed E-state index contributed by atoms with van der Waals surface area (Å²) in [5, 5.41) is 13.3. The first-order chi connectivity index (χ1) is 6.92. The van der Waals surface area contributed by atoms with E-state index in [1.807, 2.05) is 45.0 Å². The Morgan fingerprint density at radius 1 is 1.33 bits per heavy atom. The zero-order valence-electron chi connectivity index (χ0n) is 9.42. The Balaban J connectivity index is 2.54. The Morgan fingerprint density at radius 3 is 2.33 bits per heavy atom. The zero-order chi connectivity index (χ0) is 11.5. The maximum absolute atomic E-state index is 10.0. The fourth-order valence-corrected chi connectivity index (χ4v) is 1.41. The van der Waals surface area contributed by atoms with Gasteiger partial charge in [-0.05, 0) is 59.7 Å². The van der Waals surface area contributed by atoms with Gasteiger partial charge in [-0.15, -0.1) is 0 Å². The molecule has 0 radical (unpaired) electrons. The van der Waals surface area contributed by atoms with Crippen LogP contribution in [0, 0.1) is 9.49 Å². The molecule has 84 valence electrons. The van der Waals surface area contributed by atoms with Crippen molar-refractivity contribution in [3.8, 4) is 0 Å². The highest BCUT2D eigenvalue weighted by Crippen LogP contribution is 2.18. The van der Waals surface area contributed by atoms with Gasteiger partial charge in [0.15, 0.2) is 0 Å². The number of nitrogens with one attached hydrogen (secondary N) is 1. The zero-order valence-corrected chi connectivity index (χ0v) is 11.6. The van der Waals surface area contributed by atoms with Crippen molar-refractivity contribution < 1.29 is 5.11 Å². The molecule has 1 atom stereocenters. The van der Waals surface area contributed by atoms with E-state index in [1.165, 1.54) is 3.57 Å².